The maximum Gasteiger partial charge on any atom is 0.135 e. The standard InChI is InChI=1S/C12H19N3/c1-12(2,8-13)11-14-7-6-10(15-11)9-4-3-5-9/h6-7,9H,3-5,8,13H2,1-2H3. The van der Waals surface area contributed by atoms with Gasteiger partial charge >= 0.3 is 0 Å². The highest BCUT2D eigenvalue weighted by molar-refractivity contribution is 5.15. The number of hydrogen-bond donors (Lipinski definition) is 1. The van der Waals surface area contributed by atoms with Gasteiger partial charge < -0.3 is 5.73 Å². The summed E-state index contributed by atoms with van der Waals surface area (Å²) in [6.45, 7) is 4.76. The lowest BCUT2D eigenvalue weighted by molar-refractivity contribution is 0.404. The smallest absolute Gasteiger partial charge is 0.135 e. The van der Waals surface area contributed by atoms with Gasteiger partial charge in [0.2, 0.25) is 0 Å². The van der Waals surface area contributed by atoms with Crippen LogP contribution in [0.3, 0.4) is 0 Å². The molecule has 2 N–H and O–H groups in total. The summed E-state index contributed by atoms with van der Waals surface area (Å²) in [6.07, 6.45) is 5.76. The summed E-state index contributed by atoms with van der Waals surface area (Å²) in [5.41, 5.74) is 6.82. The Morgan fingerprint density at radius 1 is 1.47 bits per heavy atom. The third-order valence-electron chi connectivity index (χ3n) is 3.32. The molecule has 1 aromatic rings. The fraction of sp³-hybridized carbons (Fsp3) is 0.667. The van der Waals surface area contributed by atoms with Gasteiger partial charge in [0.25, 0.3) is 0 Å². The van der Waals surface area contributed by atoms with Crippen molar-refractivity contribution in [1.29, 1.82) is 0 Å². The zero-order chi connectivity index (χ0) is 10.9. The molecule has 0 aliphatic heterocycles. The first-order valence-corrected chi connectivity index (χ1v) is 5.67. The van der Waals surface area contributed by atoms with E-state index in [1.165, 1.54) is 25.0 Å². The molecule has 1 aliphatic carbocycles. The van der Waals surface area contributed by atoms with E-state index in [0.717, 1.165) is 5.82 Å². The second-order valence-electron chi connectivity index (χ2n) is 5.02. The third kappa shape index (κ3) is 2.02. The van der Waals surface area contributed by atoms with Gasteiger partial charge in [-0.3, -0.25) is 0 Å². The average molecular weight is 205 g/mol. The molecule has 1 aromatic heterocycles. The Morgan fingerprint density at radius 3 is 2.73 bits per heavy atom. The summed E-state index contributed by atoms with van der Waals surface area (Å²) in [5.74, 6) is 1.55. The van der Waals surface area contributed by atoms with Gasteiger partial charge in [-0.1, -0.05) is 20.3 Å². The summed E-state index contributed by atoms with van der Waals surface area (Å²) in [4.78, 5) is 8.98. The molecule has 0 atom stereocenters. The van der Waals surface area contributed by atoms with Gasteiger partial charge in [-0.25, -0.2) is 9.97 Å². The highest BCUT2D eigenvalue weighted by Gasteiger charge is 2.25. The van der Waals surface area contributed by atoms with Crippen molar-refractivity contribution in [3.8, 4) is 0 Å². The third-order valence-corrected chi connectivity index (χ3v) is 3.32. The van der Waals surface area contributed by atoms with Crippen LogP contribution in [-0.2, 0) is 5.41 Å². The molecule has 82 valence electrons. The maximum atomic E-state index is 5.73. The van der Waals surface area contributed by atoms with E-state index in [-0.39, 0.29) is 5.41 Å². The summed E-state index contributed by atoms with van der Waals surface area (Å²) in [7, 11) is 0. The molecule has 0 bridgehead atoms. The van der Waals surface area contributed by atoms with Crippen molar-refractivity contribution in [3.05, 3.63) is 23.8 Å². The molecule has 0 unspecified atom stereocenters. The molecule has 0 amide bonds. The first-order valence-electron chi connectivity index (χ1n) is 5.67. The molecule has 0 spiro atoms. The van der Waals surface area contributed by atoms with E-state index in [1.807, 2.05) is 12.3 Å². The minimum atomic E-state index is -0.111. The van der Waals surface area contributed by atoms with Gasteiger partial charge in [0, 0.05) is 29.8 Å². The van der Waals surface area contributed by atoms with E-state index in [2.05, 4.69) is 23.8 Å². The molecule has 1 heterocycles. The van der Waals surface area contributed by atoms with Crippen LogP contribution in [0.2, 0.25) is 0 Å². The van der Waals surface area contributed by atoms with Crippen molar-refractivity contribution in [1.82, 2.24) is 9.97 Å². The predicted octanol–water partition coefficient (Wildman–Crippen LogP) is 1.98. The van der Waals surface area contributed by atoms with Crippen LogP contribution in [-0.4, -0.2) is 16.5 Å². The Morgan fingerprint density at radius 2 is 2.20 bits per heavy atom. The van der Waals surface area contributed by atoms with E-state index in [0.29, 0.717) is 12.5 Å². The first-order chi connectivity index (χ1) is 7.13. The predicted molar refractivity (Wildman–Crippen MR) is 60.7 cm³/mol. The summed E-state index contributed by atoms with van der Waals surface area (Å²) < 4.78 is 0. The van der Waals surface area contributed by atoms with Crippen LogP contribution in [0.25, 0.3) is 0 Å². The van der Waals surface area contributed by atoms with E-state index in [1.54, 1.807) is 0 Å². The highest BCUT2D eigenvalue weighted by Crippen LogP contribution is 2.35. The second kappa shape index (κ2) is 3.89. The molecule has 1 aliphatic rings. The van der Waals surface area contributed by atoms with E-state index < -0.39 is 0 Å². The molecule has 3 heteroatoms. The van der Waals surface area contributed by atoms with E-state index in [4.69, 9.17) is 5.73 Å². The molecule has 2 rings (SSSR count). The molecule has 1 saturated carbocycles. The fourth-order valence-electron chi connectivity index (χ4n) is 1.72. The van der Waals surface area contributed by atoms with Crippen LogP contribution in [0.15, 0.2) is 12.3 Å². The molecule has 15 heavy (non-hydrogen) atoms. The van der Waals surface area contributed by atoms with Gasteiger partial charge in [-0.15, -0.1) is 0 Å². The topological polar surface area (TPSA) is 51.8 Å². The van der Waals surface area contributed by atoms with Crippen molar-refractivity contribution in [2.75, 3.05) is 6.54 Å². The zero-order valence-electron chi connectivity index (χ0n) is 9.53. The van der Waals surface area contributed by atoms with Gasteiger partial charge in [0.1, 0.15) is 5.82 Å². The summed E-state index contributed by atoms with van der Waals surface area (Å²) in [5, 5.41) is 0. The molecule has 3 nitrogen and oxygen atoms in total. The molecule has 0 aromatic carbocycles. The van der Waals surface area contributed by atoms with Crippen molar-refractivity contribution in [3.63, 3.8) is 0 Å². The lowest BCUT2D eigenvalue weighted by atomic mass is 9.82. The Balaban J connectivity index is 2.25. The van der Waals surface area contributed by atoms with Gasteiger partial charge in [0.05, 0.1) is 0 Å². The molecular formula is C12H19N3. The van der Waals surface area contributed by atoms with Gasteiger partial charge in [0.15, 0.2) is 0 Å². The largest absolute Gasteiger partial charge is 0.329 e. The van der Waals surface area contributed by atoms with Crippen molar-refractivity contribution >= 4 is 0 Å². The monoisotopic (exact) mass is 205 g/mol. The van der Waals surface area contributed by atoms with Crippen LogP contribution in [0.4, 0.5) is 0 Å². The number of rotatable bonds is 3. The maximum absolute atomic E-state index is 5.73. The fourth-order valence-corrected chi connectivity index (χ4v) is 1.72. The lowest BCUT2D eigenvalue weighted by Gasteiger charge is -2.27. The number of nitrogens with zero attached hydrogens (tertiary/aromatic N) is 2. The lowest BCUT2D eigenvalue weighted by Crippen LogP contribution is -2.31. The number of aromatic nitrogens is 2. The van der Waals surface area contributed by atoms with Crippen LogP contribution in [0, 0.1) is 0 Å². The Hall–Kier alpha value is -0.960. The summed E-state index contributed by atoms with van der Waals surface area (Å²) >= 11 is 0. The minimum absolute atomic E-state index is 0.111. The first kappa shape index (κ1) is 10.6. The van der Waals surface area contributed by atoms with Gasteiger partial charge in [-0.2, -0.15) is 0 Å². The van der Waals surface area contributed by atoms with E-state index >= 15 is 0 Å². The molecule has 0 saturated heterocycles. The van der Waals surface area contributed by atoms with Crippen molar-refractivity contribution in [2.45, 2.75) is 44.4 Å². The van der Waals surface area contributed by atoms with Crippen molar-refractivity contribution in [2.24, 2.45) is 5.73 Å². The number of hydrogen-bond acceptors (Lipinski definition) is 3. The van der Waals surface area contributed by atoms with Crippen LogP contribution >= 0.6 is 0 Å². The Kier molecular flexibility index (Phi) is 2.74. The minimum Gasteiger partial charge on any atom is -0.329 e. The normalized spacial score (nSPS) is 17.5. The van der Waals surface area contributed by atoms with Crippen LogP contribution < -0.4 is 5.73 Å². The highest BCUT2D eigenvalue weighted by atomic mass is 14.9. The summed E-state index contributed by atoms with van der Waals surface area (Å²) in [6, 6.07) is 2.04. The average Bonchev–Trinajstić information content (AvgIpc) is 2.16. The Bertz CT molecular complexity index is 342. The van der Waals surface area contributed by atoms with Gasteiger partial charge in [-0.05, 0) is 18.9 Å². The van der Waals surface area contributed by atoms with Crippen molar-refractivity contribution < 1.29 is 0 Å². The SMILES string of the molecule is CC(C)(CN)c1nccc(C2CCC2)n1. The van der Waals surface area contributed by atoms with E-state index in [9.17, 15) is 0 Å². The van der Waals surface area contributed by atoms with Crippen LogP contribution in [0.5, 0.6) is 0 Å². The molecular weight excluding hydrogens is 186 g/mol. The quantitative estimate of drug-likeness (QED) is 0.821. The molecule has 1 fully saturated rings. The molecule has 0 radical (unpaired) electrons. The zero-order valence-corrected chi connectivity index (χ0v) is 9.53. The second-order valence-corrected chi connectivity index (χ2v) is 5.02. The van der Waals surface area contributed by atoms with Crippen LogP contribution in [0.1, 0.15) is 50.5 Å². The Labute approximate surface area is 91.1 Å². The number of nitrogens with two attached hydrogens (primary N) is 1.